The monoisotopic (exact) mass is 207 g/mol. The van der Waals surface area contributed by atoms with Gasteiger partial charge in [-0.05, 0) is 0 Å². The topological polar surface area (TPSA) is 79.5 Å². The van der Waals surface area contributed by atoms with Crippen molar-refractivity contribution in [2.24, 2.45) is 0 Å². The summed E-state index contributed by atoms with van der Waals surface area (Å²) in [6.45, 7) is 0.122. The molecule has 1 heterocycles. The van der Waals surface area contributed by atoms with E-state index in [1.807, 2.05) is 0 Å². The van der Waals surface area contributed by atoms with Crippen LogP contribution in [0.5, 0.6) is 5.75 Å². The second kappa shape index (κ2) is 4.33. The molecule has 0 aromatic carbocycles. The molecule has 0 unspecified atom stereocenters. The van der Waals surface area contributed by atoms with Gasteiger partial charge in [0.1, 0.15) is 11.4 Å². The first-order chi connectivity index (χ1) is 7.06. The quantitative estimate of drug-likeness (QED) is 0.697. The number of carboxylic acid groups (broad SMARTS) is 1. The Balaban J connectivity index is 3.28. The standard InChI is InChI=1S/C10H9NO4/c1-2-3-4-11-8(10(14)15)5-7(12)6-9(11)13/h1,5-6,12H,3-4H2,(H,14,15). The van der Waals surface area contributed by atoms with Crippen LogP contribution >= 0.6 is 0 Å². The molecule has 0 spiro atoms. The molecule has 0 fully saturated rings. The minimum atomic E-state index is -1.28. The molecule has 1 rings (SSSR count). The molecule has 5 nitrogen and oxygen atoms in total. The summed E-state index contributed by atoms with van der Waals surface area (Å²) in [7, 11) is 0. The maximum absolute atomic E-state index is 11.3. The number of hydrogen-bond acceptors (Lipinski definition) is 3. The highest BCUT2D eigenvalue weighted by Crippen LogP contribution is 2.08. The Hall–Kier alpha value is -2.22. The zero-order chi connectivity index (χ0) is 11.4. The lowest BCUT2D eigenvalue weighted by Crippen LogP contribution is -2.25. The Labute approximate surface area is 85.6 Å². The van der Waals surface area contributed by atoms with Gasteiger partial charge in [-0.15, -0.1) is 12.3 Å². The molecule has 0 saturated heterocycles. The van der Waals surface area contributed by atoms with Gasteiger partial charge in [0.05, 0.1) is 0 Å². The van der Waals surface area contributed by atoms with Crippen LogP contribution in [-0.2, 0) is 6.54 Å². The van der Waals surface area contributed by atoms with E-state index < -0.39 is 11.5 Å². The van der Waals surface area contributed by atoms with Gasteiger partial charge in [0.25, 0.3) is 5.56 Å². The van der Waals surface area contributed by atoms with Crippen molar-refractivity contribution in [3.8, 4) is 18.1 Å². The Morgan fingerprint density at radius 3 is 2.73 bits per heavy atom. The largest absolute Gasteiger partial charge is 0.508 e. The van der Waals surface area contributed by atoms with Crippen LogP contribution in [-0.4, -0.2) is 20.7 Å². The summed E-state index contributed by atoms with van der Waals surface area (Å²) >= 11 is 0. The van der Waals surface area contributed by atoms with Crippen molar-refractivity contribution < 1.29 is 15.0 Å². The van der Waals surface area contributed by atoms with Crippen molar-refractivity contribution >= 4 is 5.97 Å². The molecule has 0 saturated carbocycles. The summed E-state index contributed by atoms with van der Waals surface area (Å²) in [6, 6.07) is 1.96. The van der Waals surface area contributed by atoms with Crippen LogP contribution in [0.4, 0.5) is 0 Å². The van der Waals surface area contributed by atoms with Crippen LogP contribution < -0.4 is 5.56 Å². The summed E-state index contributed by atoms with van der Waals surface area (Å²) in [6.07, 6.45) is 5.28. The molecule has 0 radical (unpaired) electrons. The van der Waals surface area contributed by atoms with Gasteiger partial charge in [-0.2, -0.15) is 0 Å². The van der Waals surface area contributed by atoms with Gasteiger partial charge in [-0.1, -0.05) is 0 Å². The maximum atomic E-state index is 11.3. The summed E-state index contributed by atoms with van der Waals surface area (Å²) in [5.74, 6) is 0.665. The predicted octanol–water partition coefficient (Wildman–Crippen LogP) is 0.275. The SMILES string of the molecule is C#CCCn1c(C(=O)O)cc(O)cc1=O. The fourth-order valence-electron chi connectivity index (χ4n) is 1.17. The number of carbonyl (C=O) groups is 1. The van der Waals surface area contributed by atoms with Gasteiger partial charge in [0.2, 0.25) is 0 Å². The first-order valence-corrected chi connectivity index (χ1v) is 4.17. The minimum Gasteiger partial charge on any atom is -0.508 e. The fourth-order valence-corrected chi connectivity index (χ4v) is 1.17. The first kappa shape index (κ1) is 10.9. The smallest absolute Gasteiger partial charge is 0.352 e. The molecule has 0 aliphatic carbocycles. The molecule has 1 aromatic rings. The van der Waals surface area contributed by atoms with E-state index in [-0.39, 0.29) is 24.4 Å². The predicted molar refractivity (Wildman–Crippen MR) is 52.8 cm³/mol. The summed E-state index contributed by atoms with van der Waals surface area (Å²) in [5.41, 5.74) is -0.849. The first-order valence-electron chi connectivity index (χ1n) is 4.17. The van der Waals surface area contributed by atoms with E-state index in [0.717, 1.165) is 16.7 Å². The average Bonchev–Trinajstić information content (AvgIpc) is 2.15. The van der Waals surface area contributed by atoms with Crippen LogP contribution in [0.3, 0.4) is 0 Å². The highest BCUT2D eigenvalue weighted by molar-refractivity contribution is 5.86. The summed E-state index contributed by atoms with van der Waals surface area (Å²) in [5, 5.41) is 17.9. The van der Waals surface area contributed by atoms with Crippen LogP contribution in [0.2, 0.25) is 0 Å². The van der Waals surface area contributed by atoms with Crippen LogP contribution in [0.15, 0.2) is 16.9 Å². The van der Waals surface area contributed by atoms with E-state index in [1.165, 1.54) is 0 Å². The zero-order valence-electron chi connectivity index (χ0n) is 7.80. The number of aromatic hydroxyl groups is 1. The van der Waals surface area contributed by atoms with E-state index >= 15 is 0 Å². The summed E-state index contributed by atoms with van der Waals surface area (Å²) in [4.78, 5) is 22.1. The van der Waals surface area contributed by atoms with Crippen molar-refractivity contribution in [2.45, 2.75) is 13.0 Å². The lowest BCUT2D eigenvalue weighted by Gasteiger charge is -2.07. The lowest BCUT2D eigenvalue weighted by molar-refractivity contribution is 0.0682. The number of carboxylic acids is 1. The third kappa shape index (κ3) is 2.38. The minimum absolute atomic E-state index is 0.122. The van der Waals surface area contributed by atoms with Crippen molar-refractivity contribution in [1.29, 1.82) is 0 Å². The van der Waals surface area contributed by atoms with Gasteiger partial charge in [0, 0.05) is 25.1 Å². The van der Waals surface area contributed by atoms with E-state index in [2.05, 4.69) is 5.92 Å². The fraction of sp³-hybridized carbons (Fsp3) is 0.200. The Morgan fingerprint density at radius 1 is 1.53 bits per heavy atom. The van der Waals surface area contributed by atoms with Gasteiger partial charge in [-0.3, -0.25) is 4.79 Å². The van der Waals surface area contributed by atoms with Crippen molar-refractivity contribution in [3.63, 3.8) is 0 Å². The molecule has 2 N–H and O–H groups in total. The van der Waals surface area contributed by atoms with Crippen LogP contribution in [0, 0.1) is 12.3 Å². The third-order valence-electron chi connectivity index (χ3n) is 1.81. The number of terminal acetylenes is 1. The van der Waals surface area contributed by atoms with Gasteiger partial charge in [0.15, 0.2) is 0 Å². The number of hydrogen-bond donors (Lipinski definition) is 2. The Bertz CT molecular complexity index is 481. The number of aromatic carboxylic acids is 1. The number of rotatable bonds is 3. The molecule has 0 amide bonds. The van der Waals surface area contributed by atoms with Crippen LogP contribution in [0.1, 0.15) is 16.9 Å². The number of nitrogens with zero attached hydrogens (tertiary/aromatic N) is 1. The molecular weight excluding hydrogens is 198 g/mol. The Kier molecular flexibility index (Phi) is 3.13. The molecular formula is C10H9NO4. The van der Waals surface area contributed by atoms with E-state index in [4.69, 9.17) is 16.6 Å². The van der Waals surface area contributed by atoms with Gasteiger partial charge < -0.3 is 14.8 Å². The van der Waals surface area contributed by atoms with Crippen molar-refractivity contribution in [2.75, 3.05) is 0 Å². The molecule has 0 atom stereocenters. The highest BCUT2D eigenvalue weighted by Gasteiger charge is 2.12. The normalized spacial score (nSPS) is 9.53. The number of aromatic nitrogens is 1. The maximum Gasteiger partial charge on any atom is 0.352 e. The van der Waals surface area contributed by atoms with E-state index in [9.17, 15) is 9.59 Å². The molecule has 15 heavy (non-hydrogen) atoms. The van der Waals surface area contributed by atoms with Crippen LogP contribution in [0.25, 0.3) is 0 Å². The molecule has 5 heteroatoms. The Morgan fingerprint density at radius 2 is 2.20 bits per heavy atom. The van der Waals surface area contributed by atoms with Crippen molar-refractivity contribution in [3.05, 3.63) is 28.2 Å². The van der Waals surface area contributed by atoms with Gasteiger partial charge >= 0.3 is 5.97 Å². The number of pyridine rings is 1. The molecule has 1 aromatic heterocycles. The zero-order valence-corrected chi connectivity index (χ0v) is 7.80. The third-order valence-corrected chi connectivity index (χ3v) is 1.81. The molecule has 0 bridgehead atoms. The van der Waals surface area contributed by atoms with E-state index in [0.29, 0.717) is 0 Å². The second-order valence-electron chi connectivity index (χ2n) is 2.85. The molecule has 0 aliphatic rings. The highest BCUT2D eigenvalue weighted by atomic mass is 16.4. The van der Waals surface area contributed by atoms with E-state index in [1.54, 1.807) is 0 Å². The molecule has 78 valence electrons. The molecule has 0 aliphatic heterocycles. The lowest BCUT2D eigenvalue weighted by atomic mass is 10.3. The summed E-state index contributed by atoms with van der Waals surface area (Å²) < 4.78 is 1.02. The van der Waals surface area contributed by atoms with Crippen molar-refractivity contribution in [1.82, 2.24) is 4.57 Å². The second-order valence-corrected chi connectivity index (χ2v) is 2.85. The van der Waals surface area contributed by atoms with Gasteiger partial charge in [-0.25, -0.2) is 4.79 Å². The average molecular weight is 207 g/mol.